The third kappa shape index (κ3) is 2.24. The normalized spacial score (nSPS) is 10.5. The maximum Gasteiger partial charge on any atom is 0.319 e. The number of aryl methyl sites for hydroxylation is 2. The van der Waals surface area contributed by atoms with E-state index in [-0.39, 0.29) is 11.4 Å². The molecule has 0 fully saturated rings. The van der Waals surface area contributed by atoms with Gasteiger partial charge in [0.05, 0.1) is 4.92 Å². The van der Waals surface area contributed by atoms with Gasteiger partial charge in [-0.25, -0.2) is 15.0 Å². The lowest BCUT2D eigenvalue weighted by Crippen LogP contribution is -2.07. The van der Waals surface area contributed by atoms with Gasteiger partial charge in [0.15, 0.2) is 11.5 Å². The second kappa shape index (κ2) is 5.01. The minimum absolute atomic E-state index is 0.111. The number of nitrogens with one attached hydrogen (secondary N) is 1. The molecule has 0 saturated heterocycles. The van der Waals surface area contributed by atoms with Gasteiger partial charge in [0.2, 0.25) is 5.95 Å². The Balaban J connectivity index is 2.73. The van der Waals surface area contributed by atoms with Gasteiger partial charge in [0, 0.05) is 26.0 Å². The Morgan fingerprint density at radius 1 is 1.47 bits per heavy atom. The van der Waals surface area contributed by atoms with Crippen LogP contribution in [0.15, 0.2) is 12.4 Å². The monoisotopic (exact) mass is 262 g/mol. The summed E-state index contributed by atoms with van der Waals surface area (Å²) >= 11 is 0. The molecular weight excluding hydrogens is 248 g/mol. The lowest BCUT2D eigenvalue weighted by Gasteiger charge is -2.08. The van der Waals surface area contributed by atoms with Crippen molar-refractivity contribution in [2.45, 2.75) is 20.4 Å². The van der Waals surface area contributed by atoms with Crippen LogP contribution in [0.2, 0.25) is 0 Å². The second-order valence-electron chi connectivity index (χ2n) is 3.87. The van der Waals surface area contributed by atoms with Crippen LogP contribution < -0.4 is 5.32 Å². The first-order chi connectivity index (χ1) is 9.08. The first kappa shape index (κ1) is 12.9. The number of hydrogen-bond donors (Lipinski definition) is 1. The Morgan fingerprint density at radius 2 is 2.21 bits per heavy atom. The van der Waals surface area contributed by atoms with Crippen LogP contribution in [0.1, 0.15) is 12.6 Å². The van der Waals surface area contributed by atoms with E-state index in [1.807, 2.05) is 6.92 Å². The standard InChI is InChI=1S/C11H14N6O2/c1-4-16-6-5-13-10(16)8-9(17(18)19)7(2)14-11(12-3)15-8/h5-6H,4H2,1-3H3,(H,12,14,15). The van der Waals surface area contributed by atoms with Gasteiger partial charge < -0.3 is 9.88 Å². The lowest BCUT2D eigenvalue weighted by molar-refractivity contribution is -0.385. The zero-order valence-corrected chi connectivity index (χ0v) is 10.9. The quantitative estimate of drug-likeness (QED) is 0.664. The van der Waals surface area contributed by atoms with Crippen molar-refractivity contribution in [1.82, 2.24) is 19.5 Å². The van der Waals surface area contributed by atoms with Crippen molar-refractivity contribution in [2.24, 2.45) is 0 Å². The molecule has 0 aliphatic heterocycles. The fraction of sp³-hybridized carbons (Fsp3) is 0.364. The Bertz CT molecular complexity index is 622. The molecule has 0 radical (unpaired) electrons. The van der Waals surface area contributed by atoms with Crippen molar-refractivity contribution in [3.8, 4) is 11.5 Å². The summed E-state index contributed by atoms with van der Waals surface area (Å²) in [7, 11) is 1.66. The molecule has 19 heavy (non-hydrogen) atoms. The SMILES string of the molecule is CCn1ccnc1-c1nc(NC)nc(C)c1[N+](=O)[O-]. The van der Waals surface area contributed by atoms with E-state index >= 15 is 0 Å². The number of hydrogen-bond acceptors (Lipinski definition) is 6. The summed E-state index contributed by atoms with van der Waals surface area (Å²) in [4.78, 5) is 23.1. The van der Waals surface area contributed by atoms with Crippen molar-refractivity contribution in [2.75, 3.05) is 12.4 Å². The second-order valence-corrected chi connectivity index (χ2v) is 3.87. The minimum atomic E-state index is -0.473. The average molecular weight is 262 g/mol. The molecule has 0 bridgehead atoms. The molecule has 0 aliphatic carbocycles. The van der Waals surface area contributed by atoms with Crippen LogP contribution in [0.5, 0.6) is 0 Å². The van der Waals surface area contributed by atoms with Gasteiger partial charge in [-0.05, 0) is 13.8 Å². The van der Waals surface area contributed by atoms with Crippen LogP contribution in [0.4, 0.5) is 11.6 Å². The van der Waals surface area contributed by atoms with E-state index in [1.54, 1.807) is 30.9 Å². The summed E-state index contributed by atoms with van der Waals surface area (Å²) in [5.74, 6) is 0.806. The predicted molar refractivity (Wildman–Crippen MR) is 69.9 cm³/mol. The Labute approximate surface area is 109 Å². The third-order valence-electron chi connectivity index (χ3n) is 2.73. The smallest absolute Gasteiger partial charge is 0.319 e. The molecule has 0 saturated carbocycles. The van der Waals surface area contributed by atoms with E-state index in [0.29, 0.717) is 24.0 Å². The van der Waals surface area contributed by atoms with Crippen molar-refractivity contribution < 1.29 is 4.92 Å². The molecule has 8 heteroatoms. The van der Waals surface area contributed by atoms with E-state index in [2.05, 4.69) is 20.3 Å². The van der Waals surface area contributed by atoms with Crippen LogP contribution in [0.3, 0.4) is 0 Å². The molecule has 2 heterocycles. The van der Waals surface area contributed by atoms with Gasteiger partial charge in [0.25, 0.3) is 0 Å². The molecule has 8 nitrogen and oxygen atoms in total. The first-order valence-corrected chi connectivity index (χ1v) is 5.80. The highest BCUT2D eigenvalue weighted by atomic mass is 16.6. The number of rotatable bonds is 4. The highest BCUT2D eigenvalue weighted by Gasteiger charge is 2.25. The Morgan fingerprint density at radius 3 is 2.79 bits per heavy atom. The average Bonchev–Trinajstić information content (AvgIpc) is 2.85. The fourth-order valence-corrected chi connectivity index (χ4v) is 1.83. The molecule has 0 aliphatic rings. The molecule has 0 spiro atoms. The van der Waals surface area contributed by atoms with E-state index in [4.69, 9.17) is 0 Å². The molecule has 2 rings (SSSR count). The summed E-state index contributed by atoms with van der Waals surface area (Å²) < 4.78 is 1.80. The number of aromatic nitrogens is 4. The van der Waals surface area contributed by atoms with E-state index in [1.165, 1.54) is 0 Å². The molecule has 0 aromatic carbocycles. The van der Waals surface area contributed by atoms with E-state index in [0.717, 1.165) is 0 Å². The summed E-state index contributed by atoms with van der Waals surface area (Å²) in [6, 6.07) is 0. The van der Waals surface area contributed by atoms with E-state index < -0.39 is 4.92 Å². The predicted octanol–water partition coefficient (Wildman–Crippen LogP) is 1.62. The molecule has 1 N–H and O–H groups in total. The Hall–Kier alpha value is -2.51. The van der Waals surface area contributed by atoms with Gasteiger partial charge in [-0.2, -0.15) is 0 Å². The maximum atomic E-state index is 11.2. The molecule has 0 atom stereocenters. The molecule has 2 aromatic rings. The third-order valence-corrected chi connectivity index (χ3v) is 2.73. The van der Waals surface area contributed by atoms with Crippen molar-refractivity contribution >= 4 is 11.6 Å². The zero-order valence-electron chi connectivity index (χ0n) is 10.9. The molecule has 2 aromatic heterocycles. The zero-order chi connectivity index (χ0) is 14.0. The van der Waals surface area contributed by atoms with Crippen LogP contribution in [0.25, 0.3) is 11.5 Å². The van der Waals surface area contributed by atoms with Gasteiger partial charge in [-0.3, -0.25) is 10.1 Å². The van der Waals surface area contributed by atoms with Gasteiger partial charge in [-0.15, -0.1) is 0 Å². The van der Waals surface area contributed by atoms with Crippen LogP contribution in [0, 0.1) is 17.0 Å². The summed E-state index contributed by atoms with van der Waals surface area (Å²) in [5.41, 5.74) is 0.429. The molecular formula is C11H14N6O2. The molecule has 100 valence electrons. The molecule has 0 unspecified atom stereocenters. The largest absolute Gasteiger partial charge is 0.357 e. The highest BCUT2D eigenvalue weighted by Crippen LogP contribution is 2.30. The summed E-state index contributed by atoms with van der Waals surface area (Å²) in [6.07, 6.45) is 3.36. The maximum absolute atomic E-state index is 11.2. The van der Waals surface area contributed by atoms with Crippen molar-refractivity contribution in [3.63, 3.8) is 0 Å². The van der Waals surface area contributed by atoms with Crippen LogP contribution >= 0.6 is 0 Å². The van der Waals surface area contributed by atoms with Crippen LogP contribution in [-0.2, 0) is 6.54 Å². The topological polar surface area (TPSA) is 98.8 Å². The lowest BCUT2D eigenvalue weighted by atomic mass is 10.2. The van der Waals surface area contributed by atoms with E-state index in [9.17, 15) is 10.1 Å². The number of nitrogens with zero attached hydrogens (tertiary/aromatic N) is 5. The number of imidazole rings is 1. The summed E-state index contributed by atoms with van der Waals surface area (Å²) in [5, 5.41) is 14.0. The highest BCUT2D eigenvalue weighted by molar-refractivity contribution is 5.67. The first-order valence-electron chi connectivity index (χ1n) is 5.80. The van der Waals surface area contributed by atoms with Crippen molar-refractivity contribution in [3.05, 3.63) is 28.2 Å². The summed E-state index contributed by atoms with van der Waals surface area (Å²) in [6.45, 7) is 4.18. The number of nitro groups is 1. The van der Waals surface area contributed by atoms with Gasteiger partial charge >= 0.3 is 5.69 Å². The Kier molecular flexibility index (Phi) is 3.41. The molecule has 0 amide bonds. The minimum Gasteiger partial charge on any atom is -0.357 e. The van der Waals surface area contributed by atoms with Gasteiger partial charge in [0.1, 0.15) is 5.69 Å². The van der Waals surface area contributed by atoms with Gasteiger partial charge in [-0.1, -0.05) is 0 Å². The van der Waals surface area contributed by atoms with Crippen LogP contribution in [-0.4, -0.2) is 31.5 Å². The number of anilines is 1. The fourth-order valence-electron chi connectivity index (χ4n) is 1.83. The van der Waals surface area contributed by atoms with Crippen molar-refractivity contribution in [1.29, 1.82) is 0 Å².